The van der Waals surface area contributed by atoms with Gasteiger partial charge in [0.25, 0.3) is 0 Å². The Labute approximate surface area is 146 Å². The molecule has 0 unspecified atom stereocenters. The van der Waals surface area contributed by atoms with E-state index in [1.54, 1.807) is 0 Å². The lowest BCUT2D eigenvalue weighted by Crippen LogP contribution is -1.93. The summed E-state index contributed by atoms with van der Waals surface area (Å²) in [6.07, 6.45) is 5.11. The smallest absolute Gasteiger partial charge is 0.149 e. The highest BCUT2D eigenvalue weighted by Gasteiger charge is 2.11. The summed E-state index contributed by atoms with van der Waals surface area (Å²) in [6, 6.07) is 18.4. The van der Waals surface area contributed by atoms with E-state index in [1.165, 1.54) is 5.52 Å². The minimum absolute atomic E-state index is 0.538. The number of benzene rings is 2. The van der Waals surface area contributed by atoms with E-state index in [9.17, 15) is 5.26 Å². The highest BCUT2D eigenvalue weighted by Crippen LogP contribution is 2.26. The number of aromatic nitrogens is 3. The number of hydrogen-bond acceptors (Lipinski definition) is 2. The van der Waals surface area contributed by atoms with Crippen LogP contribution in [-0.4, -0.2) is 14.5 Å². The van der Waals surface area contributed by atoms with Gasteiger partial charge in [0.15, 0.2) is 0 Å². The van der Waals surface area contributed by atoms with Gasteiger partial charge in [0.1, 0.15) is 11.9 Å². The van der Waals surface area contributed by atoms with Crippen molar-refractivity contribution in [1.82, 2.24) is 14.5 Å². The Morgan fingerprint density at radius 3 is 2.80 bits per heavy atom. The predicted molar refractivity (Wildman–Crippen MR) is 102 cm³/mol. The molecule has 0 bridgehead atoms. The second-order valence-electron chi connectivity index (χ2n) is 6.07. The average Bonchev–Trinajstić information content (AvgIpc) is 3.22. The van der Waals surface area contributed by atoms with Crippen LogP contribution in [0.2, 0.25) is 0 Å². The molecule has 122 valence electrons. The number of para-hydroxylation sites is 3. The molecule has 4 nitrogen and oxygen atoms in total. The molecule has 1 N–H and O–H groups in total. The van der Waals surface area contributed by atoms with E-state index in [-0.39, 0.29) is 0 Å². The van der Waals surface area contributed by atoms with Crippen molar-refractivity contribution in [3.05, 3.63) is 66.1 Å². The molecule has 2 heterocycles. The summed E-state index contributed by atoms with van der Waals surface area (Å²) in [4.78, 5) is 7.79. The van der Waals surface area contributed by atoms with Crippen LogP contribution in [0, 0.1) is 11.3 Å². The lowest BCUT2D eigenvalue weighted by molar-refractivity contribution is 0.703. The summed E-state index contributed by atoms with van der Waals surface area (Å²) < 4.78 is 2.24. The molecular formula is C21H18N4. The number of hydrogen-bond donors (Lipinski definition) is 1. The summed E-state index contributed by atoms with van der Waals surface area (Å²) in [7, 11) is 0. The molecule has 0 atom stereocenters. The Morgan fingerprint density at radius 2 is 2.00 bits per heavy atom. The van der Waals surface area contributed by atoms with Crippen molar-refractivity contribution in [1.29, 1.82) is 5.26 Å². The van der Waals surface area contributed by atoms with E-state index in [4.69, 9.17) is 0 Å². The van der Waals surface area contributed by atoms with Gasteiger partial charge in [-0.15, -0.1) is 0 Å². The van der Waals surface area contributed by atoms with Gasteiger partial charge >= 0.3 is 0 Å². The largest absolute Gasteiger partial charge is 0.347 e. The minimum atomic E-state index is 0.538. The third kappa shape index (κ3) is 2.70. The fourth-order valence-corrected chi connectivity index (χ4v) is 3.21. The summed E-state index contributed by atoms with van der Waals surface area (Å²) in [5.41, 5.74) is 4.58. The van der Waals surface area contributed by atoms with E-state index < -0.39 is 0 Å². The van der Waals surface area contributed by atoms with Crippen LogP contribution in [0.1, 0.15) is 24.7 Å². The molecule has 25 heavy (non-hydrogen) atoms. The van der Waals surface area contributed by atoms with Crippen LogP contribution < -0.4 is 0 Å². The van der Waals surface area contributed by atoms with E-state index in [0.717, 1.165) is 34.9 Å². The molecule has 4 rings (SSSR count). The van der Waals surface area contributed by atoms with Crippen molar-refractivity contribution in [2.45, 2.75) is 19.9 Å². The van der Waals surface area contributed by atoms with Gasteiger partial charge in [-0.1, -0.05) is 37.3 Å². The third-order valence-electron chi connectivity index (χ3n) is 4.35. The van der Waals surface area contributed by atoms with Crippen molar-refractivity contribution < 1.29 is 0 Å². The second kappa shape index (κ2) is 6.29. The van der Waals surface area contributed by atoms with Crippen LogP contribution in [0.15, 0.2) is 54.7 Å². The number of nitrogens with zero attached hydrogens (tertiary/aromatic N) is 3. The Kier molecular flexibility index (Phi) is 3.83. The van der Waals surface area contributed by atoms with Gasteiger partial charge in [-0.25, -0.2) is 4.98 Å². The molecular weight excluding hydrogens is 308 g/mol. The van der Waals surface area contributed by atoms with Crippen molar-refractivity contribution in [3.8, 4) is 6.07 Å². The van der Waals surface area contributed by atoms with Gasteiger partial charge in [0.2, 0.25) is 0 Å². The number of nitriles is 1. The molecule has 0 saturated heterocycles. The Morgan fingerprint density at radius 1 is 1.20 bits per heavy atom. The van der Waals surface area contributed by atoms with Gasteiger partial charge in [-0.05, 0) is 30.7 Å². The first kappa shape index (κ1) is 15.2. The number of imidazole rings is 1. The van der Waals surface area contributed by atoms with Crippen LogP contribution in [-0.2, 0) is 6.54 Å². The topological polar surface area (TPSA) is 57.4 Å². The minimum Gasteiger partial charge on any atom is -0.347 e. The zero-order chi connectivity index (χ0) is 17.2. The summed E-state index contributed by atoms with van der Waals surface area (Å²) in [5.74, 6) is 0.607. The highest BCUT2D eigenvalue weighted by atomic mass is 15.0. The molecule has 4 heteroatoms. The standard InChI is InChI=1S/C21H18N4/c1-2-11-25-14-16(17-7-3-6-10-20(17)25)12-15(13-22)21-23-18-8-4-5-9-19(18)24-21/h3-10,12,14H,2,11H2,1H3,(H,23,24). The van der Waals surface area contributed by atoms with Crippen molar-refractivity contribution in [3.63, 3.8) is 0 Å². The number of aromatic amines is 1. The maximum absolute atomic E-state index is 9.66. The van der Waals surface area contributed by atoms with Crippen LogP contribution >= 0.6 is 0 Å². The Balaban J connectivity index is 1.85. The lowest BCUT2D eigenvalue weighted by Gasteiger charge is -2.01. The number of nitrogens with one attached hydrogen (secondary N) is 1. The van der Waals surface area contributed by atoms with Gasteiger partial charge < -0.3 is 9.55 Å². The fourth-order valence-electron chi connectivity index (χ4n) is 3.21. The first-order chi connectivity index (χ1) is 12.3. The molecule has 0 aliphatic heterocycles. The monoisotopic (exact) mass is 326 g/mol. The van der Waals surface area contributed by atoms with E-state index >= 15 is 0 Å². The quantitative estimate of drug-likeness (QED) is 0.537. The molecule has 0 amide bonds. The van der Waals surface area contributed by atoms with Gasteiger partial charge in [-0.3, -0.25) is 0 Å². The predicted octanol–water partition coefficient (Wildman–Crippen LogP) is 4.99. The van der Waals surface area contributed by atoms with Crippen LogP contribution in [0.25, 0.3) is 33.6 Å². The van der Waals surface area contributed by atoms with Crippen molar-refractivity contribution in [2.24, 2.45) is 0 Å². The first-order valence-corrected chi connectivity index (χ1v) is 8.45. The first-order valence-electron chi connectivity index (χ1n) is 8.45. The highest BCUT2D eigenvalue weighted by molar-refractivity contribution is 5.98. The third-order valence-corrected chi connectivity index (χ3v) is 4.35. The van der Waals surface area contributed by atoms with E-state index in [2.05, 4.69) is 45.9 Å². The zero-order valence-electron chi connectivity index (χ0n) is 14.0. The average molecular weight is 326 g/mol. The van der Waals surface area contributed by atoms with Crippen LogP contribution in [0.4, 0.5) is 0 Å². The Bertz CT molecular complexity index is 1090. The van der Waals surface area contributed by atoms with Crippen molar-refractivity contribution >= 4 is 33.6 Å². The maximum Gasteiger partial charge on any atom is 0.149 e. The molecule has 0 spiro atoms. The molecule has 4 aromatic rings. The maximum atomic E-state index is 9.66. The molecule has 0 aliphatic carbocycles. The van der Waals surface area contributed by atoms with Gasteiger partial charge in [0.05, 0.1) is 16.6 Å². The SMILES string of the molecule is CCCn1cc(C=C(C#N)c2nc3ccccc3[nH]2)c2ccccc21. The molecule has 0 radical (unpaired) electrons. The van der Waals surface area contributed by atoms with Crippen molar-refractivity contribution in [2.75, 3.05) is 0 Å². The molecule has 2 aromatic heterocycles. The fraction of sp³-hybridized carbons (Fsp3) is 0.143. The number of H-pyrrole nitrogens is 1. The number of allylic oxidation sites excluding steroid dienone is 1. The zero-order valence-corrected chi connectivity index (χ0v) is 14.0. The molecule has 0 fully saturated rings. The van der Waals surface area contributed by atoms with E-state index in [1.807, 2.05) is 42.5 Å². The lowest BCUT2D eigenvalue weighted by atomic mass is 10.1. The molecule has 0 saturated carbocycles. The molecule has 0 aliphatic rings. The molecule has 2 aromatic carbocycles. The normalized spacial score (nSPS) is 11.9. The van der Waals surface area contributed by atoms with E-state index in [0.29, 0.717) is 11.4 Å². The van der Waals surface area contributed by atoms with Crippen LogP contribution in [0.5, 0.6) is 0 Å². The second-order valence-corrected chi connectivity index (χ2v) is 6.07. The summed E-state index contributed by atoms with van der Waals surface area (Å²) >= 11 is 0. The number of rotatable bonds is 4. The van der Waals surface area contributed by atoms with Crippen LogP contribution in [0.3, 0.4) is 0 Å². The number of aryl methyl sites for hydroxylation is 1. The summed E-state index contributed by atoms with van der Waals surface area (Å²) in [5, 5.41) is 10.8. The number of fused-ring (bicyclic) bond motifs is 2. The summed E-state index contributed by atoms with van der Waals surface area (Å²) in [6.45, 7) is 3.13. The van der Waals surface area contributed by atoms with Gasteiger partial charge in [-0.2, -0.15) is 5.26 Å². The van der Waals surface area contributed by atoms with Gasteiger partial charge in [0, 0.05) is 29.2 Å². The Hall–Kier alpha value is -3.32.